The summed E-state index contributed by atoms with van der Waals surface area (Å²) >= 11 is 0. The average molecular weight is 393 g/mol. The molecule has 2 aliphatic heterocycles. The topological polar surface area (TPSA) is 41.9 Å². The van der Waals surface area contributed by atoms with Crippen LogP contribution in [0.25, 0.3) is 0 Å². The van der Waals surface area contributed by atoms with Crippen molar-refractivity contribution in [2.45, 2.75) is 25.3 Å². The van der Waals surface area contributed by atoms with Crippen molar-refractivity contribution in [3.8, 4) is 11.5 Å². The highest BCUT2D eigenvalue weighted by molar-refractivity contribution is 5.48. The van der Waals surface area contributed by atoms with Gasteiger partial charge >= 0.3 is 6.36 Å². The molecule has 28 heavy (non-hydrogen) atoms. The predicted molar refractivity (Wildman–Crippen MR) is 97.4 cm³/mol. The third kappa shape index (κ3) is 3.12. The Morgan fingerprint density at radius 2 is 1.71 bits per heavy atom. The first-order valence-electron chi connectivity index (χ1n) is 9.14. The molecule has 0 saturated carbocycles. The second kappa shape index (κ2) is 6.39. The molecule has 1 atom stereocenters. The van der Waals surface area contributed by atoms with Gasteiger partial charge < -0.3 is 19.5 Å². The monoisotopic (exact) mass is 393 g/mol. The van der Waals surface area contributed by atoms with E-state index in [-0.39, 0.29) is 5.75 Å². The number of alkyl halides is 3. The van der Waals surface area contributed by atoms with Crippen LogP contribution in [0.1, 0.15) is 23.6 Å². The van der Waals surface area contributed by atoms with Crippen LogP contribution in [-0.4, -0.2) is 43.1 Å². The molecule has 1 saturated heterocycles. The van der Waals surface area contributed by atoms with Gasteiger partial charge in [-0.3, -0.25) is 0 Å². The molecule has 2 aromatic carbocycles. The van der Waals surface area contributed by atoms with E-state index in [2.05, 4.69) is 9.64 Å². The molecule has 1 fully saturated rings. The Bertz CT molecular complexity index is 875. The van der Waals surface area contributed by atoms with Crippen LogP contribution in [0.3, 0.4) is 0 Å². The van der Waals surface area contributed by atoms with Crippen molar-refractivity contribution in [2.24, 2.45) is 5.41 Å². The molecule has 2 heterocycles. The molecule has 4 nitrogen and oxygen atoms in total. The normalized spacial score (nSPS) is 20.6. The van der Waals surface area contributed by atoms with Gasteiger partial charge in [-0.2, -0.15) is 0 Å². The highest BCUT2D eigenvalue weighted by Crippen LogP contribution is 2.51. The summed E-state index contributed by atoms with van der Waals surface area (Å²) in [6, 6.07) is 11.2. The number of rotatable bonds is 4. The van der Waals surface area contributed by atoms with Crippen molar-refractivity contribution in [3.63, 3.8) is 0 Å². The van der Waals surface area contributed by atoms with E-state index in [0.717, 1.165) is 23.3 Å². The van der Waals surface area contributed by atoms with Gasteiger partial charge in [-0.05, 0) is 48.0 Å². The second-order valence-electron chi connectivity index (χ2n) is 7.94. The van der Waals surface area contributed by atoms with E-state index in [9.17, 15) is 18.3 Å². The molecule has 0 unspecified atom stereocenters. The molecule has 0 spiro atoms. The van der Waals surface area contributed by atoms with Gasteiger partial charge in [-0.1, -0.05) is 25.1 Å². The first-order chi connectivity index (χ1) is 13.1. The van der Waals surface area contributed by atoms with E-state index in [1.807, 2.05) is 32.2 Å². The number of fused-ring (bicyclic) bond motifs is 1. The van der Waals surface area contributed by atoms with Crippen molar-refractivity contribution in [1.82, 2.24) is 4.90 Å². The van der Waals surface area contributed by atoms with Crippen LogP contribution in [0.2, 0.25) is 0 Å². The van der Waals surface area contributed by atoms with Gasteiger partial charge in [0.25, 0.3) is 0 Å². The van der Waals surface area contributed by atoms with Crippen molar-refractivity contribution in [1.29, 1.82) is 0 Å². The quantitative estimate of drug-likeness (QED) is 0.860. The Balaban J connectivity index is 1.76. The smallest absolute Gasteiger partial charge is 0.493 e. The minimum Gasteiger partial charge on any atom is -0.493 e. The second-order valence-corrected chi connectivity index (χ2v) is 7.94. The van der Waals surface area contributed by atoms with Crippen molar-refractivity contribution < 1.29 is 27.8 Å². The molecule has 0 amide bonds. The molecule has 7 heteroatoms. The van der Waals surface area contributed by atoms with Crippen LogP contribution < -0.4 is 9.47 Å². The van der Waals surface area contributed by atoms with Crippen molar-refractivity contribution >= 4 is 0 Å². The molecule has 0 aromatic heterocycles. The maximum absolute atomic E-state index is 12.5. The third-order valence-corrected chi connectivity index (χ3v) is 5.72. The van der Waals surface area contributed by atoms with Crippen LogP contribution in [0.15, 0.2) is 42.5 Å². The van der Waals surface area contributed by atoms with E-state index in [1.165, 1.54) is 24.3 Å². The largest absolute Gasteiger partial charge is 0.573 e. The van der Waals surface area contributed by atoms with Crippen LogP contribution in [0.5, 0.6) is 11.5 Å². The summed E-state index contributed by atoms with van der Waals surface area (Å²) in [5.74, 6) is 0.507. The molecular weight excluding hydrogens is 371 g/mol. The highest BCUT2D eigenvalue weighted by atomic mass is 19.4. The van der Waals surface area contributed by atoms with E-state index >= 15 is 0 Å². The average Bonchev–Trinajstić information content (AvgIpc) is 3.06. The maximum atomic E-state index is 12.5. The first-order valence-corrected chi connectivity index (χ1v) is 9.14. The lowest BCUT2D eigenvalue weighted by molar-refractivity contribution is -0.274. The van der Waals surface area contributed by atoms with E-state index in [1.54, 1.807) is 0 Å². The number of nitrogens with zero attached hydrogens (tertiary/aromatic N) is 1. The summed E-state index contributed by atoms with van der Waals surface area (Å²) in [4.78, 5) is 2.10. The van der Waals surface area contributed by atoms with E-state index in [0.29, 0.717) is 25.3 Å². The fourth-order valence-corrected chi connectivity index (χ4v) is 4.55. The molecule has 150 valence electrons. The Kier molecular flexibility index (Phi) is 4.35. The molecule has 2 aliphatic rings. The fraction of sp³-hybridized carbons (Fsp3) is 0.429. The van der Waals surface area contributed by atoms with Crippen molar-refractivity contribution in [3.05, 3.63) is 59.2 Å². The van der Waals surface area contributed by atoms with Gasteiger partial charge in [-0.15, -0.1) is 13.2 Å². The third-order valence-electron chi connectivity index (χ3n) is 5.72. The van der Waals surface area contributed by atoms with Crippen molar-refractivity contribution in [2.75, 3.05) is 26.7 Å². The van der Waals surface area contributed by atoms with E-state index in [4.69, 9.17) is 4.74 Å². The Hall–Kier alpha value is -2.25. The predicted octanol–water partition coefficient (Wildman–Crippen LogP) is 3.71. The highest BCUT2D eigenvalue weighted by Gasteiger charge is 2.55. The minimum absolute atomic E-state index is 0.308. The lowest BCUT2D eigenvalue weighted by Gasteiger charge is -2.56. The molecule has 0 bridgehead atoms. The van der Waals surface area contributed by atoms with Gasteiger partial charge in [0.2, 0.25) is 0 Å². The number of hydrogen-bond donors (Lipinski definition) is 1. The minimum atomic E-state index is -4.75. The van der Waals surface area contributed by atoms with Crippen LogP contribution in [-0.2, 0) is 12.0 Å². The number of likely N-dealkylation sites (tertiary alicyclic amines) is 1. The lowest BCUT2D eigenvalue weighted by Crippen LogP contribution is -2.63. The SMILES string of the molecule is CN1CC(C)([C@](O)(c2ccc(OC(F)(F)F)cc2)c2ccc3c(c2)CCO3)C1. The van der Waals surface area contributed by atoms with Crippen LogP contribution >= 0.6 is 0 Å². The standard InChI is InChI=1S/C21H22F3NO3/c1-19(12-25(2)13-19)20(26,16-5-8-18-14(11-16)9-10-27-18)15-3-6-17(7-4-15)28-21(22,23)24/h3-8,11,26H,9-10,12-13H2,1-2H3/t20-/m0/s1. The number of hydrogen-bond acceptors (Lipinski definition) is 4. The number of benzene rings is 2. The van der Waals surface area contributed by atoms with Gasteiger partial charge in [0, 0.05) is 24.9 Å². The molecular formula is C21H22F3NO3. The van der Waals surface area contributed by atoms with Crippen LogP contribution in [0.4, 0.5) is 13.2 Å². The van der Waals surface area contributed by atoms with Crippen LogP contribution in [0, 0.1) is 5.41 Å². The van der Waals surface area contributed by atoms with Gasteiger partial charge in [-0.25, -0.2) is 0 Å². The molecule has 2 aromatic rings. The summed E-state index contributed by atoms with van der Waals surface area (Å²) in [6.45, 7) is 3.94. The Morgan fingerprint density at radius 1 is 1.07 bits per heavy atom. The van der Waals surface area contributed by atoms with Gasteiger partial charge in [0.1, 0.15) is 17.1 Å². The molecule has 1 N–H and O–H groups in total. The number of aliphatic hydroxyl groups is 1. The summed E-state index contributed by atoms with van der Waals surface area (Å²) in [5, 5.41) is 12.0. The fourth-order valence-electron chi connectivity index (χ4n) is 4.55. The van der Waals surface area contributed by atoms with Gasteiger partial charge in [0.05, 0.1) is 6.61 Å². The first kappa shape index (κ1) is 19.1. The Morgan fingerprint density at radius 3 is 2.32 bits per heavy atom. The van der Waals surface area contributed by atoms with Gasteiger partial charge in [0.15, 0.2) is 0 Å². The number of ether oxygens (including phenoxy) is 2. The molecule has 0 radical (unpaired) electrons. The maximum Gasteiger partial charge on any atom is 0.573 e. The summed E-state index contributed by atoms with van der Waals surface area (Å²) < 4.78 is 47.0. The molecule has 0 aliphatic carbocycles. The summed E-state index contributed by atoms with van der Waals surface area (Å²) in [5.41, 5.74) is 0.452. The summed E-state index contributed by atoms with van der Waals surface area (Å²) in [6.07, 6.45) is -3.98. The lowest BCUT2D eigenvalue weighted by atomic mass is 9.62. The summed E-state index contributed by atoms with van der Waals surface area (Å²) in [7, 11) is 1.97. The zero-order valence-corrected chi connectivity index (χ0v) is 15.7. The zero-order valence-electron chi connectivity index (χ0n) is 15.7. The zero-order chi connectivity index (χ0) is 20.2. The van der Waals surface area contributed by atoms with E-state index < -0.39 is 17.4 Å². The number of halogens is 3. The Labute approximate surface area is 161 Å². The molecule has 4 rings (SSSR count).